The number of likely N-dealkylation sites (tertiary alicyclic amines) is 1. The zero-order chi connectivity index (χ0) is 18.4. The lowest BCUT2D eigenvalue weighted by Crippen LogP contribution is -2.43. The van der Waals surface area contributed by atoms with E-state index in [0.29, 0.717) is 25.9 Å². The van der Waals surface area contributed by atoms with Crippen LogP contribution in [0.1, 0.15) is 24.0 Å². The fraction of sp³-hybridized carbons (Fsp3) is 0.389. The Morgan fingerprint density at radius 3 is 2.60 bits per heavy atom. The summed E-state index contributed by atoms with van der Waals surface area (Å²) in [5, 5.41) is 0. The average molecular weight is 409 g/mol. The van der Waals surface area contributed by atoms with Gasteiger partial charge in [-0.1, -0.05) is 28.1 Å². The maximum absolute atomic E-state index is 12.0. The largest absolute Gasteiger partial charge is 0.452 e. The number of carbonyl (C=O) groups is 3. The van der Waals surface area contributed by atoms with Gasteiger partial charge in [-0.25, -0.2) is 4.79 Å². The molecule has 7 heteroatoms. The highest BCUT2D eigenvalue weighted by molar-refractivity contribution is 9.10. The molecule has 1 aliphatic rings. The van der Waals surface area contributed by atoms with Gasteiger partial charge in [0.1, 0.15) is 0 Å². The predicted octanol–water partition coefficient (Wildman–Crippen LogP) is 2.04. The van der Waals surface area contributed by atoms with E-state index in [9.17, 15) is 14.4 Å². The summed E-state index contributed by atoms with van der Waals surface area (Å²) in [6.07, 6.45) is 4.03. The lowest BCUT2D eigenvalue weighted by molar-refractivity contribution is -0.149. The second-order valence-corrected chi connectivity index (χ2v) is 6.88. The van der Waals surface area contributed by atoms with Crippen LogP contribution in [0, 0.1) is 12.8 Å². The number of nitrogens with two attached hydrogens (primary N) is 1. The average Bonchev–Trinajstić information content (AvgIpc) is 2.59. The van der Waals surface area contributed by atoms with Crippen molar-refractivity contribution in [3.8, 4) is 0 Å². The first kappa shape index (κ1) is 19.2. The maximum Gasteiger partial charge on any atom is 0.331 e. The fourth-order valence-electron chi connectivity index (χ4n) is 2.61. The SMILES string of the molecule is Cc1ccc(/C=C/C(=O)OCC(=O)N2CCC(C(N)=O)CC2)c(Br)c1. The molecule has 1 fully saturated rings. The molecule has 0 radical (unpaired) electrons. The smallest absolute Gasteiger partial charge is 0.331 e. The molecule has 6 nitrogen and oxygen atoms in total. The highest BCUT2D eigenvalue weighted by Gasteiger charge is 2.26. The number of hydrogen-bond acceptors (Lipinski definition) is 4. The molecule has 0 aliphatic carbocycles. The Labute approximate surface area is 155 Å². The maximum atomic E-state index is 12.0. The molecule has 25 heavy (non-hydrogen) atoms. The van der Waals surface area contributed by atoms with E-state index in [0.717, 1.165) is 15.6 Å². The summed E-state index contributed by atoms with van der Waals surface area (Å²) in [7, 11) is 0. The fourth-order valence-corrected chi connectivity index (χ4v) is 3.24. The number of esters is 1. The van der Waals surface area contributed by atoms with Crippen LogP contribution in [0.4, 0.5) is 0 Å². The normalized spacial score (nSPS) is 15.4. The van der Waals surface area contributed by atoms with Crippen molar-refractivity contribution in [3.05, 3.63) is 39.9 Å². The number of hydrogen-bond donors (Lipinski definition) is 1. The first-order valence-electron chi connectivity index (χ1n) is 8.05. The quantitative estimate of drug-likeness (QED) is 0.596. The minimum Gasteiger partial charge on any atom is -0.452 e. The number of aryl methyl sites for hydroxylation is 1. The third-order valence-corrected chi connectivity index (χ3v) is 4.83. The molecule has 0 bridgehead atoms. The zero-order valence-electron chi connectivity index (χ0n) is 14.0. The number of halogens is 1. The first-order chi connectivity index (χ1) is 11.9. The topological polar surface area (TPSA) is 89.7 Å². The molecule has 1 saturated heterocycles. The van der Waals surface area contributed by atoms with Crippen LogP contribution >= 0.6 is 15.9 Å². The third kappa shape index (κ3) is 5.70. The molecule has 0 unspecified atom stereocenters. The Hall–Kier alpha value is -2.15. The molecule has 1 aromatic rings. The second-order valence-electron chi connectivity index (χ2n) is 6.02. The van der Waals surface area contributed by atoms with Crippen molar-refractivity contribution in [2.45, 2.75) is 19.8 Å². The molecule has 1 aliphatic heterocycles. The van der Waals surface area contributed by atoms with Crippen molar-refractivity contribution in [2.24, 2.45) is 11.7 Å². The summed E-state index contributed by atoms with van der Waals surface area (Å²) in [5.74, 6) is -1.34. The molecule has 0 atom stereocenters. The number of benzene rings is 1. The summed E-state index contributed by atoms with van der Waals surface area (Å²) in [5.41, 5.74) is 7.22. The minimum atomic E-state index is -0.576. The number of carbonyl (C=O) groups excluding carboxylic acids is 3. The minimum absolute atomic E-state index is 0.178. The van der Waals surface area contributed by atoms with Crippen LogP contribution < -0.4 is 5.73 Å². The molecule has 0 aromatic heterocycles. The van der Waals surface area contributed by atoms with Gasteiger partial charge in [-0.3, -0.25) is 9.59 Å². The molecule has 2 rings (SSSR count). The highest BCUT2D eigenvalue weighted by Crippen LogP contribution is 2.20. The van der Waals surface area contributed by atoms with E-state index in [-0.39, 0.29) is 24.3 Å². The van der Waals surface area contributed by atoms with Gasteiger partial charge in [-0.15, -0.1) is 0 Å². The van der Waals surface area contributed by atoms with Crippen LogP contribution in [0.3, 0.4) is 0 Å². The van der Waals surface area contributed by atoms with Gasteiger partial charge in [-0.2, -0.15) is 0 Å². The van der Waals surface area contributed by atoms with Gasteiger partial charge in [0.25, 0.3) is 5.91 Å². The van der Waals surface area contributed by atoms with Crippen molar-refractivity contribution in [1.29, 1.82) is 0 Å². The van der Waals surface area contributed by atoms with Gasteiger partial charge in [-0.05, 0) is 43.0 Å². The van der Waals surface area contributed by atoms with Crippen molar-refractivity contribution < 1.29 is 19.1 Å². The van der Waals surface area contributed by atoms with Gasteiger partial charge in [0.15, 0.2) is 6.61 Å². The molecule has 1 aromatic carbocycles. The number of piperidine rings is 1. The summed E-state index contributed by atoms with van der Waals surface area (Å²) in [6.45, 7) is 2.58. The standard InChI is InChI=1S/C18H21BrN2O4/c1-12-2-3-13(15(19)10-12)4-5-17(23)25-11-16(22)21-8-6-14(7-9-21)18(20)24/h2-5,10,14H,6-9,11H2,1H3,(H2,20,24)/b5-4+. The Morgan fingerprint density at radius 1 is 1.32 bits per heavy atom. The van der Waals surface area contributed by atoms with Gasteiger partial charge in [0.2, 0.25) is 5.91 Å². The molecule has 2 N–H and O–H groups in total. The van der Waals surface area contributed by atoms with Crippen molar-refractivity contribution >= 4 is 39.8 Å². The number of rotatable bonds is 5. The predicted molar refractivity (Wildman–Crippen MR) is 97.4 cm³/mol. The first-order valence-corrected chi connectivity index (χ1v) is 8.84. The molecular formula is C18H21BrN2O4. The molecule has 2 amide bonds. The second kappa shape index (κ2) is 8.80. The van der Waals surface area contributed by atoms with E-state index in [4.69, 9.17) is 10.5 Å². The highest BCUT2D eigenvalue weighted by atomic mass is 79.9. The van der Waals surface area contributed by atoms with E-state index < -0.39 is 5.97 Å². The molecule has 1 heterocycles. The lowest BCUT2D eigenvalue weighted by atomic mass is 9.96. The van der Waals surface area contributed by atoms with Gasteiger partial charge < -0.3 is 15.4 Å². The van der Waals surface area contributed by atoms with Gasteiger partial charge in [0, 0.05) is 29.6 Å². The summed E-state index contributed by atoms with van der Waals surface area (Å²) < 4.78 is 5.87. The zero-order valence-corrected chi connectivity index (χ0v) is 15.6. The van der Waals surface area contributed by atoms with Crippen LogP contribution in [-0.2, 0) is 19.1 Å². The summed E-state index contributed by atoms with van der Waals surface area (Å²) in [6, 6.07) is 5.77. The van der Waals surface area contributed by atoms with E-state index in [1.165, 1.54) is 6.08 Å². The molecule has 0 spiro atoms. The van der Waals surface area contributed by atoms with Crippen molar-refractivity contribution in [1.82, 2.24) is 4.90 Å². The van der Waals surface area contributed by atoms with E-state index in [2.05, 4.69) is 15.9 Å². The van der Waals surface area contributed by atoms with Crippen LogP contribution in [-0.4, -0.2) is 42.4 Å². The number of amides is 2. The molecular weight excluding hydrogens is 388 g/mol. The third-order valence-electron chi connectivity index (χ3n) is 4.14. The van der Waals surface area contributed by atoms with Crippen LogP contribution in [0.2, 0.25) is 0 Å². The number of nitrogens with zero attached hydrogens (tertiary/aromatic N) is 1. The van der Waals surface area contributed by atoms with E-state index in [1.54, 1.807) is 11.0 Å². The number of ether oxygens (including phenoxy) is 1. The van der Waals surface area contributed by atoms with Gasteiger partial charge in [0.05, 0.1) is 0 Å². The monoisotopic (exact) mass is 408 g/mol. The Balaban J connectivity index is 1.79. The number of primary amides is 1. The van der Waals surface area contributed by atoms with Crippen molar-refractivity contribution in [3.63, 3.8) is 0 Å². The summed E-state index contributed by atoms with van der Waals surface area (Å²) >= 11 is 3.43. The van der Waals surface area contributed by atoms with E-state index >= 15 is 0 Å². The van der Waals surface area contributed by atoms with Crippen LogP contribution in [0.5, 0.6) is 0 Å². The Morgan fingerprint density at radius 2 is 2.00 bits per heavy atom. The summed E-state index contributed by atoms with van der Waals surface area (Å²) in [4.78, 5) is 36.5. The van der Waals surface area contributed by atoms with E-state index in [1.807, 2.05) is 25.1 Å². The lowest BCUT2D eigenvalue weighted by Gasteiger charge is -2.30. The molecule has 0 saturated carbocycles. The van der Waals surface area contributed by atoms with Gasteiger partial charge >= 0.3 is 5.97 Å². The van der Waals surface area contributed by atoms with Crippen molar-refractivity contribution in [2.75, 3.05) is 19.7 Å². The van der Waals surface area contributed by atoms with Crippen LogP contribution in [0.25, 0.3) is 6.08 Å². The Bertz CT molecular complexity index is 694. The van der Waals surface area contributed by atoms with Crippen LogP contribution in [0.15, 0.2) is 28.7 Å². The molecule has 134 valence electrons. The Kier molecular flexibility index (Phi) is 6.75.